The summed E-state index contributed by atoms with van der Waals surface area (Å²) < 4.78 is 9.43. The molecule has 0 amide bonds. The number of ether oxygens (including phenoxy) is 1. The van der Waals surface area contributed by atoms with Crippen LogP contribution < -0.4 is 0 Å². The zero-order valence-electron chi connectivity index (χ0n) is 7.02. The monoisotopic (exact) mass is 243 g/mol. The van der Waals surface area contributed by atoms with Crippen LogP contribution in [-0.4, -0.2) is 46.4 Å². The van der Waals surface area contributed by atoms with Crippen molar-refractivity contribution in [2.24, 2.45) is 5.18 Å². The van der Waals surface area contributed by atoms with Crippen LogP contribution in [0.5, 0.6) is 0 Å². The average molecular weight is 243 g/mol. The number of hydrogen-bond donors (Lipinski definition) is 3. The van der Waals surface area contributed by atoms with Crippen LogP contribution in [0, 0.1) is 4.91 Å². The van der Waals surface area contributed by atoms with E-state index >= 15 is 0 Å². The summed E-state index contributed by atoms with van der Waals surface area (Å²) in [5.41, 5.74) is 0. The van der Waals surface area contributed by atoms with E-state index in [9.17, 15) is 10.0 Å². The Balaban J connectivity index is 2.40. The maximum Gasteiger partial charge on any atom is 0.321 e. The van der Waals surface area contributed by atoms with Gasteiger partial charge in [0.05, 0.1) is 13.2 Å². The van der Waals surface area contributed by atoms with E-state index in [0.717, 1.165) is 0 Å². The molecule has 1 heterocycles. The van der Waals surface area contributed by atoms with Crippen LogP contribution in [0.15, 0.2) is 5.18 Å². The topological polar surface area (TPSA) is 109 Å². The van der Waals surface area contributed by atoms with Gasteiger partial charge < -0.3 is 24.2 Å². The third kappa shape index (κ3) is 3.32. The standard InChI is InChI=1S/C5H10NO6PS/c7-5-3(6-8)1-11-4(5)2-12-13(9,10)14/h3-5,7H,1-2H2,(H2,9,10,14)/t3?,4-,5?/m1/s1. The quantitative estimate of drug-likeness (QED) is 0.434. The smallest absolute Gasteiger partial charge is 0.321 e. The van der Waals surface area contributed by atoms with E-state index < -0.39 is 25.0 Å². The number of aliphatic hydroxyl groups excluding tert-OH is 1. The first-order valence-electron chi connectivity index (χ1n) is 3.76. The molecular formula is C5H10NO6PS. The molecule has 82 valence electrons. The van der Waals surface area contributed by atoms with Gasteiger partial charge in [-0.15, -0.1) is 0 Å². The molecule has 3 N–H and O–H groups in total. The fourth-order valence-electron chi connectivity index (χ4n) is 1.08. The van der Waals surface area contributed by atoms with E-state index in [4.69, 9.17) is 14.5 Å². The van der Waals surface area contributed by atoms with E-state index in [0.29, 0.717) is 0 Å². The highest BCUT2D eigenvalue weighted by atomic mass is 32.5. The Morgan fingerprint density at radius 3 is 2.71 bits per heavy atom. The molecular weight excluding hydrogens is 233 g/mol. The van der Waals surface area contributed by atoms with Gasteiger partial charge in [-0.2, -0.15) is 4.91 Å². The summed E-state index contributed by atoms with van der Waals surface area (Å²) in [6.45, 7) is -4.01. The van der Waals surface area contributed by atoms with Crippen LogP contribution in [0.3, 0.4) is 0 Å². The molecule has 0 aromatic heterocycles. The van der Waals surface area contributed by atoms with Gasteiger partial charge in [-0.1, -0.05) is 5.18 Å². The first-order chi connectivity index (χ1) is 6.44. The molecule has 1 rings (SSSR count). The molecule has 0 bridgehead atoms. The zero-order valence-corrected chi connectivity index (χ0v) is 8.73. The third-order valence-electron chi connectivity index (χ3n) is 1.80. The van der Waals surface area contributed by atoms with Crippen molar-refractivity contribution in [3.8, 4) is 0 Å². The molecule has 2 unspecified atom stereocenters. The van der Waals surface area contributed by atoms with E-state index in [-0.39, 0.29) is 13.2 Å². The molecule has 7 nitrogen and oxygen atoms in total. The summed E-state index contributed by atoms with van der Waals surface area (Å²) in [4.78, 5) is 27.6. The van der Waals surface area contributed by atoms with Crippen LogP contribution >= 0.6 is 6.72 Å². The van der Waals surface area contributed by atoms with Crippen molar-refractivity contribution in [2.75, 3.05) is 13.2 Å². The SMILES string of the molecule is O=NC1CO[C@H](COP(O)(O)=S)C1O. The van der Waals surface area contributed by atoms with Crippen LogP contribution in [0.4, 0.5) is 0 Å². The minimum Gasteiger partial charge on any atom is -0.388 e. The second-order valence-corrected chi connectivity index (χ2v) is 5.49. The fraction of sp³-hybridized carbons (Fsp3) is 1.00. The molecule has 0 aromatic rings. The largest absolute Gasteiger partial charge is 0.388 e. The van der Waals surface area contributed by atoms with Gasteiger partial charge in [-0.25, -0.2) is 0 Å². The lowest BCUT2D eigenvalue weighted by molar-refractivity contribution is 0.00719. The number of rotatable bonds is 4. The van der Waals surface area contributed by atoms with Gasteiger partial charge in [0.25, 0.3) is 0 Å². The maximum absolute atomic E-state index is 10.1. The first kappa shape index (κ1) is 12.1. The molecule has 1 fully saturated rings. The zero-order chi connectivity index (χ0) is 10.8. The van der Waals surface area contributed by atoms with Crippen molar-refractivity contribution in [3.05, 3.63) is 4.91 Å². The van der Waals surface area contributed by atoms with Crippen LogP contribution in [0.1, 0.15) is 0 Å². The van der Waals surface area contributed by atoms with Crippen molar-refractivity contribution in [1.29, 1.82) is 0 Å². The lowest BCUT2D eigenvalue weighted by atomic mass is 10.1. The van der Waals surface area contributed by atoms with Gasteiger partial charge in [0, 0.05) is 0 Å². The van der Waals surface area contributed by atoms with Crippen LogP contribution in [-0.2, 0) is 21.1 Å². The molecule has 14 heavy (non-hydrogen) atoms. The Bertz CT molecular complexity index is 257. The number of aliphatic hydroxyl groups is 1. The highest BCUT2D eigenvalue weighted by molar-refractivity contribution is 8.06. The maximum atomic E-state index is 10.1. The summed E-state index contributed by atoms with van der Waals surface area (Å²) in [7, 11) is 0. The summed E-state index contributed by atoms with van der Waals surface area (Å²) in [6, 6.07) is -0.834. The second kappa shape index (κ2) is 4.71. The van der Waals surface area contributed by atoms with Crippen molar-refractivity contribution >= 4 is 18.5 Å². The van der Waals surface area contributed by atoms with Gasteiger partial charge in [-0.05, 0) is 11.8 Å². The Hall–Kier alpha value is 0.0500. The Labute approximate surface area is 84.9 Å². The van der Waals surface area contributed by atoms with Gasteiger partial charge in [0.1, 0.15) is 18.2 Å². The van der Waals surface area contributed by atoms with Gasteiger partial charge in [-0.3, -0.25) is 0 Å². The number of hydrogen-bond acceptors (Lipinski definition) is 6. The highest BCUT2D eigenvalue weighted by Gasteiger charge is 2.37. The van der Waals surface area contributed by atoms with Gasteiger partial charge in [0.2, 0.25) is 0 Å². The molecule has 0 spiro atoms. The highest BCUT2D eigenvalue weighted by Crippen LogP contribution is 2.37. The summed E-state index contributed by atoms with van der Waals surface area (Å²) in [5, 5.41) is 12.0. The van der Waals surface area contributed by atoms with Crippen molar-refractivity contribution in [2.45, 2.75) is 18.2 Å². The molecule has 1 aliphatic heterocycles. The second-order valence-electron chi connectivity index (χ2n) is 2.82. The minimum atomic E-state index is -3.74. The molecule has 0 aliphatic carbocycles. The Kier molecular flexibility index (Phi) is 4.08. The van der Waals surface area contributed by atoms with Crippen LogP contribution in [0.25, 0.3) is 0 Å². The lowest BCUT2D eigenvalue weighted by Gasteiger charge is -2.15. The van der Waals surface area contributed by atoms with Crippen molar-refractivity contribution < 1.29 is 24.2 Å². The van der Waals surface area contributed by atoms with Crippen molar-refractivity contribution in [1.82, 2.24) is 0 Å². The average Bonchev–Trinajstić information content (AvgIpc) is 2.42. The summed E-state index contributed by atoms with van der Waals surface area (Å²) in [6.07, 6.45) is -1.88. The number of nitrogens with zero attached hydrogens (tertiary/aromatic N) is 1. The summed E-state index contributed by atoms with van der Waals surface area (Å²) in [5.74, 6) is 0. The predicted octanol–water partition coefficient (Wildman–Crippen LogP) is -0.893. The van der Waals surface area contributed by atoms with Crippen LogP contribution in [0.2, 0.25) is 0 Å². The molecule has 0 aromatic carbocycles. The van der Waals surface area contributed by atoms with E-state index in [1.54, 1.807) is 0 Å². The first-order valence-corrected chi connectivity index (χ1v) is 6.39. The molecule has 1 aliphatic rings. The lowest BCUT2D eigenvalue weighted by Crippen LogP contribution is -2.31. The number of nitroso groups, excluding NO2 is 1. The summed E-state index contributed by atoms with van der Waals surface area (Å²) >= 11 is 4.19. The molecule has 0 saturated carbocycles. The molecule has 9 heteroatoms. The molecule has 1 saturated heterocycles. The third-order valence-corrected chi connectivity index (χ3v) is 2.60. The fourth-order valence-corrected chi connectivity index (χ4v) is 1.60. The Morgan fingerprint density at radius 1 is 1.64 bits per heavy atom. The van der Waals surface area contributed by atoms with E-state index in [2.05, 4.69) is 21.5 Å². The molecule has 0 radical (unpaired) electrons. The van der Waals surface area contributed by atoms with Gasteiger partial charge in [0.15, 0.2) is 0 Å². The normalized spacial score (nSPS) is 33.2. The Morgan fingerprint density at radius 2 is 2.29 bits per heavy atom. The minimum absolute atomic E-state index is 0.00156. The molecule has 3 atom stereocenters. The van der Waals surface area contributed by atoms with Gasteiger partial charge >= 0.3 is 6.72 Å². The van der Waals surface area contributed by atoms with E-state index in [1.165, 1.54) is 0 Å². The predicted molar refractivity (Wildman–Crippen MR) is 50.0 cm³/mol. The van der Waals surface area contributed by atoms with Crippen molar-refractivity contribution in [3.63, 3.8) is 0 Å². The van der Waals surface area contributed by atoms with E-state index in [1.807, 2.05) is 0 Å².